The lowest BCUT2D eigenvalue weighted by atomic mass is 10.0. The summed E-state index contributed by atoms with van der Waals surface area (Å²) in [6.45, 7) is 1.86. The molecule has 208 valence electrons. The molecule has 13 nitrogen and oxygen atoms in total. The number of carboxylic acids is 1. The van der Waals surface area contributed by atoms with Gasteiger partial charge in [-0.1, -0.05) is 24.6 Å². The van der Waals surface area contributed by atoms with Crippen LogP contribution in [0.4, 0.5) is 0 Å². The van der Waals surface area contributed by atoms with Crippen molar-refractivity contribution in [1.82, 2.24) is 20.9 Å². The Morgan fingerprint density at radius 2 is 1.63 bits per heavy atom. The monoisotopic (exact) mass is 531 g/mol. The molecule has 0 saturated heterocycles. The standard InChI is InChI=1S/C25H37N7O6/c1-14(22(34)31-19(25(37)38)9-10-21(28)33)30-24(36)20(32-23(35)17(27)7-4-5-11-26)12-15-13-29-18-8-3-2-6-16(15)18/h2-3,6,8,13-14,17,19-20,29H,4-5,7,9-12,26-27H2,1H3,(H2,28,33)(H,30,36)(H,31,34)(H,32,35)(H,37,38). The van der Waals surface area contributed by atoms with Gasteiger partial charge in [0, 0.05) is 29.9 Å². The summed E-state index contributed by atoms with van der Waals surface area (Å²) in [4.78, 5) is 64.2. The van der Waals surface area contributed by atoms with E-state index < -0.39 is 53.8 Å². The molecule has 4 unspecified atom stereocenters. The van der Waals surface area contributed by atoms with Gasteiger partial charge >= 0.3 is 5.97 Å². The molecule has 0 aliphatic heterocycles. The number of hydrogen-bond acceptors (Lipinski definition) is 7. The number of hydrogen-bond donors (Lipinski definition) is 8. The van der Waals surface area contributed by atoms with E-state index in [2.05, 4.69) is 20.9 Å². The lowest BCUT2D eigenvalue weighted by Gasteiger charge is -2.23. The molecule has 4 atom stereocenters. The molecule has 1 aromatic heterocycles. The highest BCUT2D eigenvalue weighted by Gasteiger charge is 2.29. The van der Waals surface area contributed by atoms with Crippen molar-refractivity contribution in [3.63, 3.8) is 0 Å². The summed E-state index contributed by atoms with van der Waals surface area (Å²) < 4.78 is 0. The fraction of sp³-hybridized carbons (Fsp3) is 0.480. The van der Waals surface area contributed by atoms with Crippen LogP contribution in [-0.4, -0.2) is 70.4 Å². The Bertz CT molecular complexity index is 1130. The molecule has 2 aromatic rings. The fourth-order valence-electron chi connectivity index (χ4n) is 3.87. The van der Waals surface area contributed by atoms with Crippen molar-refractivity contribution in [3.8, 4) is 0 Å². The van der Waals surface area contributed by atoms with Crippen molar-refractivity contribution in [1.29, 1.82) is 0 Å². The molecule has 38 heavy (non-hydrogen) atoms. The average molecular weight is 532 g/mol. The number of rotatable bonds is 16. The normalized spacial score (nSPS) is 14.2. The Morgan fingerprint density at radius 1 is 0.947 bits per heavy atom. The van der Waals surface area contributed by atoms with E-state index in [1.807, 2.05) is 24.3 Å². The van der Waals surface area contributed by atoms with Crippen LogP contribution in [0.15, 0.2) is 30.5 Å². The van der Waals surface area contributed by atoms with E-state index in [-0.39, 0.29) is 19.3 Å². The third-order valence-electron chi connectivity index (χ3n) is 6.08. The summed E-state index contributed by atoms with van der Waals surface area (Å²) in [7, 11) is 0. The fourth-order valence-corrected chi connectivity index (χ4v) is 3.87. The van der Waals surface area contributed by atoms with Crippen LogP contribution in [0.3, 0.4) is 0 Å². The number of nitrogens with two attached hydrogens (primary N) is 3. The van der Waals surface area contributed by atoms with Gasteiger partial charge in [0.1, 0.15) is 18.1 Å². The van der Waals surface area contributed by atoms with E-state index in [9.17, 15) is 29.1 Å². The van der Waals surface area contributed by atoms with E-state index >= 15 is 0 Å². The summed E-state index contributed by atoms with van der Waals surface area (Å²) in [5.41, 5.74) is 18.2. The van der Waals surface area contributed by atoms with E-state index in [1.165, 1.54) is 6.92 Å². The molecular weight excluding hydrogens is 494 g/mol. The van der Waals surface area contributed by atoms with Gasteiger partial charge in [-0.25, -0.2) is 4.79 Å². The Kier molecular flexibility index (Phi) is 11.7. The predicted molar refractivity (Wildman–Crippen MR) is 140 cm³/mol. The molecule has 0 radical (unpaired) electrons. The third-order valence-corrected chi connectivity index (χ3v) is 6.08. The van der Waals surface area contributed by atoms with Gasteiger partial charge in [0.25, 0.3) is 0 Å². The minimum absolute atomic E-state index is 0.113. The van der Waals surface area contributed by atoms with E-state index in [4.69, 9.17) is 17.2 Å². The Hall–Kier alpha value is -3.97. The number of carbonyl (C=O) groups excluding carboxylic acids is 4. The molecular formula is C25H37N7O6. The minimum atomic E-state index is -1.36. The highest BCUT2D eigenvalue weighted by Crippen LogP contribution is 2.19. The summed E-state index contributed by atoms with van der Waals surface area (Å²) in [5, 5.41) is 17.7. The zero-order valence-electron chi connectivity index (χ0n) is 21.4. The van der Waals surface area contributed by atoms with Gasteiger partial charge in [0.05, 0.1) is 6.04 Å². The van der Waals surface area contributed by atoms with Gasteiger partial charge in [0.15, 0.2) is 0 Å². The number of aliphatic carboxylic acids is 1. The van der Waals surface area contributed by atoms with Crippen LogP contribution < -0.4 is 33.2 Å². The quantitative estimate of drug-likeness (QED) is 0.125. The highest BCUT2D eigenvalue weighted by molar-refractivity contribution is 5.94. The van der Waals surface area contributed by atoms with Crippen LogP contribution in [0.5, 0.6) is 0 Å². The number of para-hydroxylation sites is 1. The van der Waals surface area contributed by atoms with Gasteiger partial charge in [-0.3, -0.25) is 19.2 Å². The molecule has 0 spiro atoms. The number of unbranched alkanes of at least 4 members (excludes halogenated alkanes) is 1. The summed E-state index contributed by atoms with van der Waals surface area (Å²) >= 11 is 0. The van der Waals surface area contributed by atoms with Crippen molar-refractivity contribution in [2.45, 2.75) is 69.6 Å². The molecule has 0 saturated carbocycles. The van der Waals surface area contributed by atoms with Gasteiger partial charge in [-0.05, 0) is 44.4 Å². The molecule has 0 bridgehead atoms. The van der Waals surface area contributed by atoms with Gasteiger partial charge < -0.3 is 43.2 Å². The highest BCUT2D eigenvalue weighted by atomic mass is 16.4. The molecule has 11 N–H and O–H groups in total. The smallest absolute Gasteiger partial charge is 0.326 e. The second kappa shape index (κ2) is 14.7. The Morgan fingerprint density at radius 3 is 2.29 bits per heavy atom. The number of amides is 4. The number of fused-ring (bicyclic) bond motifs is 1. The summed E-state index contributed by atoms with van der Waals surface area (Å²) in [6.07, 6.45) is 3.18. The van der Waals surface area contributed by atoms with E-state index in [0.717, 1.165) is 16.5 Å². The first-order chi connectivity index (χ1) is 18.0. The SMILES string of the molecule is CC(NC(=O)C(Cc1c[nH]c2ccccc12)NC(=O)C(N)CCCCN)C(=O)NC(CCC(N)=O)C(=O)O. The maximum absolute atomic E-state index is 13.2. The molecule has 4 amide bonds. The number of carbonyl (C=O) groups is 5. The lowest BCUT2D eigenvalue weighted by Crippen LogP contribution is -2.56. The van der Waals surface area contributed by atoms with Gasteiger partial charge in [-0.15, -0.1) is 0 Å². The number of H-pyrrole nitrogens is 1. The molecule has 0 aliphatic rings. The van der Waals surface area contributed by atoms with Gasteiger partial charge in [-0.2, -0.15) is 0 Å². The maximum atomic E-state index is 13.2. The van der Waals surface area contributed by atoms with E-state index in [0.29, 0.717) is 25.8 Å². The second-order valence-corrected chi connectivity index (χ2v) is 9.15. The molecule has 13 heteroatoms. The average Bonchev–Trinajstić information content (AvgIpc) is 3.28. The topological polar surface area (TPSA) is 236 Å². The zero-order chi connectivity index (χ0) is 28.2. The van der Waals surface area contributed by atoms with Gasteiger partial charge in [0.2, 0.25) is 23.6 Å². The zero-order valence-corrected chi connectivity index (χ0v) is 21.4. The van der Waals surface area contributed by atoms with Crippen molar-refractivity contribution in [2.75, 3.05) is 6.54 Å². The maximum Gasteiger partial charge on any atom is 0.326 e. The number of aromatic nitrogens is 1. The number of primary amides is 1. The van der Waals surface area contributed by atoms with E-state index in [1.54, 1.807) is 6.20 Å². The van der Waals surface area contributed by atoms with Crippen LogP contribution in [0.2, 0.25) is 0 Å². The predicted octanol–water partition coefficient (Wildman–Crippen LogP) is -1.01. The summed E-state index contributed by atoms with van der Waals surface area (Å²) in [5.74, 6) is -3.98. The second-order valence-electron chi connectivity index (χ2n) is 9.15. The Balaban J connectivity index is 2.14. The first kappa shape index (κ1) is 30.3. The minimum Gasteiger partial charge on any atom is -0.480 e. The van der Waals surface area contributed by atoms with Crippen LogP contribution in [0.25, 0.3) is 10.9 Å². The molecule has 2 rings (SSSR count). The number of aromatic amines is 1. The molecule has 0 fully saturated rings. The molecule has 0 aliphatic carbocycles. The van der Waals surface area contributed by atoms with Crippen LogP contribution in [0.1, 0.15) is 44.6 Å². The van der Waals surface area contributed by atoms with Crippen molar-refractivity contribution >= 4 is 40.5 Å². The van der Waals surface area contributed by atoms with Crippen molar-refractivity contribution in [2.24, 2.45) is 17.2 Å². The number of nitrogens with one attached hydrogen (secondary N) is 4. The number of carboxylic acid groups (broad SMARTS) is 1. The van der Waals surface area contributed by atoms with Crippen molar-refractivity contribution in [3.05, 3.63) is 36.0 Å². The summed E-state index contributed by atoms with van der Waals surface area (Å²) in [6, 6.07) is 3.06. The lowest BCUT2D eigenvalue weighted by molar-refractivity contribution is -0.142. The Labute approximate surface area is 220 Å². The molecule has 1 heterocycles. The third kappa shape index (κ3) is 9.16. The van der Waals surface area contributed by atoms with Crippen LogP contribution in [-0.2, 0) is 30.4 Å². The molecule has 1 aromatic carbocycles. The van der Waals surface area contributed by atoms with Crippen molar-refractivity contribution < 1.29 is 29.1 Å². The largest absolute Gasteiger partial charge is 0.480 e. The first-order valence-electron chi connectivity index (χ1n) is 12.5. The first-order valence-corrected chi connectivity index (χ1v) is 12.5. The van der Waals surface area contributed by atoms with Crippen LogP contribution in [0, 0.1) is 0 Å². The van der Waals surface area contributed by atoms with Crippen LogP contribution >= 0.6 is 0 Å². The number of benzene rings is 1.